The number of carbonyl (C=O) groups excluding carboxylic acids is 1. The lowest BCUT2D eigenvalue weighted by Crippen LogP contribution is -2.40. The summed E-state index contributed by atoms with van der Waals surface area (Å²) < 4.78 is 6.06. The van der Waals surface area contributed by atoms with Crippen LogP contribution in [0.25, 0.3) is 0 Å². The lowest BCUT2D eigenvalue weighted by atomic mass is 9.92. The predicted octanol–water partition coefficient (Wildman–Crippen LogP) is 4.99. The number of rotatable bonds is 7. The molecule has 1 aliphatic rings. The van der Waals surface area contributed by atoms with Crippen molar-refractivity contribution < 1.29 is 9.53 Å². The monoisotopic (exact) mass is 351 g/mol. The van der Waals surface area contributed by atoms with E-state index in [9.17, 15) is 4.79 Å². The highest BCUT2D eigenvalue weighted by atomic mass is 16.5. The van der Waals surface area contributed by atoms with Gasteiger partial charge in [0, 0.05) is 0 Å². The van der Waals surface area contributed by atoms with E-state index < -0.39 is 6.10 Å². The third-order valence-electron chi connectivity index (χ3n) is 5.19. The maximum Gasteiger partial charge on any atom is 0.261 e. The fourth-order valence-electron chi connectivity index (χ4n) is 3.64. The average Bonchev–Trinajstić information content (AvgIpc) is 2.70. The molecule has 1 amide bonds. The van der Waals surface area contributed by atoms with Gasteiger partial charge < -0.3 is 10.1 Å². The van der Waals surface area contributed by atoms with Gasteiger partial charge in [0.2, 0.25) is 0 Å². The smallest absolute Gasteiger partial charge is 0.261 e. The highest BCUT2D eigenvalue weighted by molar-refractivity contribution is 5.81. The molecule has 0 unspecified atom stereocenters. The maximum absolute atomic E-state index is 12.8. The van der Waals surface area contributed by atoms with Crippen molar-refractivity contribution >= 4 is 5.91 Å². The molecule has 138 valence electrons. The lowest BCUT2D eigenvalue weighted by Gasteiger charge is -2.23. The quantitative estimate of drug-likeness (QED) is 0.763. The van der Waals surface area contributed by atoms with Crippen LogP contribution < -0.4 is 10.1 Å². The van der Waals surface area contributed by atoms with E-state index in [-0.39, 0.29) is 11.9 Å². The number of amides is 1. The minimum atomic E-state index is -0.464. The summed E-state index contributed by atoms with van der Waals surface area (Å²) in [4.78, 5) is 12.8. The van der Waals surface area contributed by atoms with Crippen molar-refractivity contribution in [3.8, 4) is 5.75 Å². The highest BCUT2D eigenvalue weighted by Gasteiger charge is 2.22. The minimum Gasteiger partial charge on any atom is -0.481 e. The zero-order chi connectivity index (χ0) is 18.4. The van der Waals surface area contributed by atoms with Gasteiger partial charge in [-0.05, 0) is 67.3 Å². The van der Waals surface area contributed by atoms with Gasteiger partial charge in [-0.2, -0.15) is 0 Å². The van der Waals surface area contributed by atoms with Crippen molar-refractivity contribution in [3.05, 3.63) is 65.2 Å². The van der Waals surface area contributed by atoms with E-state index in [0.717, 1.165) is 30.6 Å². The number of benzene rings is 2. The second kappa shape index (κ2) is 8.88. The van der Waals surface area contributed by atoms with Crippen LogP contribution in [-0.2, 0) is 17.6 Å². The van der Waals surface area contributed by atoms with Crippen LogP contribution in [0.15, 0.2) is 48.5 Å². The first-order valence-electron chi connectivity index (χ1n) is 9.85. The standard InChI is InChI=1S/C23H29NO2/c1-3-21(18-11-6-5-7-12-18)24-23(25)22(4-2)26-20-15-14-17-10-8-9-13-19(17)16-20/h5-7,11-12,14-16,21-22H,3-4,8-10,13H2,1-2H3,(H,24,25)/t21-,22+/m1/s1. The molecule has 0 heterocycles. The van der Waals surface area contributed by atoms with Crippen molar-refractivity contribution in [1.29, 1.82) is 0 Å². The number of fused-ring (bicyclic) bond motifs is 1. The van der Waals surface area contributed by atoms with Crippen LogP contribution >= 0.6 is 0 Å². The van der Waals surface area contributed by atoms with E-state index in [0.29, 0.717) is 6.42 Å². The summed E-state index contributed by atoms with van der Waals surface area (Å²) in [6.45, 7) is 4.08. The van der Waals surface area contributed by atoms with Gasteiger partial charge in [-0.25, -0.2) is 0 Å². The fourth-order valence-corrected chi connectivity index (χ4v) is 3.64. The minimum absolute atomic E-state index is 0.0184. The summed E-state index contributed by atoms with van der Waals surface area (Å²) in [5, 5.41) is 3.15. The molecule has 26 heavy (non-hydrogen) atoms. The van der Waals surface area contributed by atoms with Gasteiger partial charge in [-0.3, -0.25) is 4.79 Å². The van der Waals surface area contributed by atoms with Crippen molar-refractivity contribution in [2.75, 3.05) is 0 Å². The Balaban J connectivity index is 1.67. The third kappa shape index (κ3) is 4.46. The van der Waals surface area contributed by atoms with Gasteiger partial charge in [-0.1, -0.05) is 50.2 Å². The summed E-state index contributed by atoms with van der Waals surface area (Å²) in [6.07, 6.45) is 5.81. The normalized spacial score (nSPS) is 15.6. The molecular formula is C23H29NO2. The molecule has 3 heteroatoms. The first kappa shape index (κ1) is 18.5. The molecule has 0 bridgehead atoms. The summed E-state index contributed by atoms with van der Waals surface area (Å²) in [5.41, 5.74) is 3.93. The summed E-state index contributed by atoms with van der Waals surface area (Å²) >= 11 is 0. The zero-order valence-electron chi connectivity index (χ0n) is 15.8. The van der Waals surface area contributed by atoms with Crippen LogP contribution in [0, 0.1) is 0 Å². The molecule has 3 nitrogen and oxygen atoms in total. The van der Waals surface area contributed by atoms with E-state index in [1.54, 1.807) is 0 Å². The van der Waals surface area contributed by atoms with Gasteiger partial charge in [0.05, 0.1) is 6.04 Å². The Labute approximate surface area is 156 Å². The molecule has 1 aliphatic carbocycles. The number of hydrogen-bond acceptors (Lipinski definition) is 2. The second-order valence-electron chi connectivity index (χ2n) is 7.03. The molecule has 0 aliphatic heterocycles. The van der Waals surface area contributed by atoms with Gasteiger partial charge in [0.25, 0.3) is 5.91 Å². The lowest BCUT2D eigenvalue weighted by molar-refractivity contribution is -0.128. The van der Waals surface area contributed by atoms with Crippen LogP contribution in [0.3, 0.4) is 0 Å². The Morgan fingerprint density at radius 2 is 1.73 bits per heavy atom. The van der Waals surface area contributed by atoms with E-state index in [4.69, 9.17) is 4.74 Å². The Morgan fingerprint density at radius 1 is 1.00 bits per heavy atom. The molecule has 2 atom stereocenters. The van der Waals surface area contributed by atoms with Crippen molar-refractivity contribution in [2.45, 2.75) is 64.5 Å². The summed E-state index contributed by atoms with van der Waals surface area (Å²) in [7, 11) is 0. The Morgan fingerprint density at radius 3 is 2.42 bits per heavy atom. The molecule has 0 saturated heterocycles. The number of aryl methyl sites for hydroxylation is 2. The number of hydrogen-bond donors (Lipinski definition) is 1. The van der Waals surface area contributed by atoms with Crippen molar-refractivity contribution in [2.24, 2.45) is 0 Å². The molecule has 2 aromatic rings. The Kier molecular flexibility index (Phi) is 6.32. The topological polar surface area (TPSA) is 38.3 Å². The van der Waals surface area contributed by atoms with Gasteiger partial charge in [-0.15, -0.1) is 0 Å². The first-order chi connectivity index (χ1) is 12.7. The SMILES string of the molecule is CC[C@H](Oc1ccc2c(c1)CCCC2)C(=O)N[C@H](CC)c1ccccc1. The molecule has 2 aromatic carbocycles. The molecule has 3 rings (SSSR count). The number of nitrogens with one attached hydrogen (secondary N) is 1. The highest BCUT2D eigenvalue weighted by Crippen LogP contribution is 2.26. The van der Waals surface area contributed by atoms with Gasteiger partial charge in [0.15, 0.2) is 6.10 Å². The van der Waals surface area contributed by atoms with Crippen LogP contribution in [0.1, 0.15) is 62.3 Å². The van der Waals surface area contributed by atoms with Crippen LogP contribution in [0.5, 0.6) is 5.75 Å². The van der Waals surface area contributed by atoms with Crippen molar-refractivity contribution in [3.63, 3.8) is 0 Å². The van der Waals surface area contributed by atoms with Gasteiger partial charge >= 0.3 is 0 Å². The Bertz CT molecular complexity index is 726. The van der Waals surface area contributed by atoms with E-state index in [1.807, 2.05) is 31.2 Å². The molecule has 0 radical (unpaired) electrons. The number of carbonyl (C=O) groups is 1. The second-order valence-corrected chi connectivity index (χ2v) is 7.03. The van der Waals surface area contributed by atoms with Gasteiger partial charge in [0.1, 0.15) is 5.75 Å². The average molecular weight is 351 g/mol. The first-order valence-corrected chi connectivity index (χ1v) is 9.85. The van der Waals surface area contributed by atoms with E-state index >= 15 is 0 Å². The molecule has 0 fully saturated rings. The van der Waals surface area contributed by atoms with Crippen LogP contribution in [0.2, 0.25) is 0 Å². The Hall–Kier alpha value is -2.29. The zero-order valence-corrected chi connectivity index (χ0v) is 15.8. The fraction of sp³-hybridized carbons (Fsp3) is 0.435. The third-order valence-corrected chi connectivity index (χ3v) is 5.19. The number of ether oxygens (including phenoxy) is 1. The summed E-state index contributed by atoms with van der Waals surface area (Å²) in [5.74, 6) is 0.765. The van der Waals surface area contributed by atoms with Crippen molar-refractivity contribution in [1.82, 2.24) is 5.32 Å². The summed E-state index contributed by atoms with van der Waals surface area (Å²) in [6, 6.07) is 16.4. The molecule has 0 spiro atoms. The molecule has 0 aromatic heterocycles. The molecule has 0 saturated carbocycles. The molecule has 1 N–H and O–H groups in total. The maximum atomic E-state index is 12.8. The van der Waals surface area contributed by atoms with E-state index in [2.05, 4.69) is 36.5 Å². The van der Waals surface area contributed by atoms with E-state index in [1.165, 1.54) is 24.0 Å². The largest absolute Gasteiger partial charge is 0.481 e. The molecular weight excluding hydrogens is 322 g/mol. The van der Waals surface area contributed by atoms with Crippen LogP contribution in [0.4, 0.5) is 0 Å². The van der Waals surface area contributed by atoms with Crippen LogP contribution in [-0.4, -0.2) is 12.0 Å². The predicted molar refractivity (Wildman–Crippen MR) is 105 cm³/mol.